The van der Waals surface area contributed by atoms with Gasteiger partial charge in [-0.05, 0) is 72.8 Å². The van der Waals surface area contributed by atoms with E-state index in [1.54, 1.807) is 55.5 Å². The Morgan fingerprint density at radius 3 is 2.05 bits per heavy atom. The predicted molar refractivity (Wildman–Crippen MR) is 128 cm³/mol. The minimum Gasteiger partial charge on any atom is -0.483 e. The first-order valence-electron chi connectivity index (χ1n) is 11.2. The largest absolute Gasteiger partial charge is 0.483 e. The lowest BCUT2D eigenvalue weighted by Crippen LogP contribution is -2.28. The molecule has 12 heteroatoms. The molecule has 3 aromatic carbocycles. The van der Waals surface area contributed by atoms with Gasteiger partial charge in [0.15, 0.2) is 11.9 Å². The molecule has 0 radical (unpaired) electrons. The third-order valence-corrected chi connectivity index (χ3v) is 5.32. The molecular weight excluding hydrogens is 505 g/mol. The number of Topliss-reactive ketones (excluding diaryl/α,β-unsaturated/α-hetero) is 1. The number of esters is 1. The third-order valence-electron chi connectivity index (χ3n) is 5.32. The molecule has 0 aliphatic carbocycles. The second kappa shape index (κ2) is 11.1. The fourth-order valence-corrected chi connectivity index (χ4v) is 3.27. The molecule has 0 spiro atoms. The number of carbonyl (C=O) groups excluding carboxylic acids is 2. The Labute approximate surface area is 214 Å². The second-order valence-electron chi connectivity index (χ2n) is 8.03. The molecule has 9 nitrogen and oxygen atoms in total. The molecule has 0 bridgehead atoms. The van der Waals surface area contributed by atoms with Crippen LogP contribution in [0.15, 0.2) is 72.8 Å². The quantitative estimate of drug-likeness (QED) is 0.282. The standard InChI is InChI=1S/C26H21F3N4O5/c1-16(23(34)15-33-31-24(30-32-33)17-3-5-18(6-4-17)25(35)36-2)37-20-11-13-22(14-12-20)38-21-9-7-19(8-10-21)26(27,28)29/h3-14,16H,15H2,1-2H3. The SMILES string of the molecule is COC(=O)c1ccc(-c2nnn(CC(=O)C(C)Oc3ccc(Oc4ccc(C(F)(F)F)cc4)cc3)n2)cc1. The minimum atomic E-state index is -4.42. The highest BCUT2D eigenvalue weighted by Gasteiger charge is 2.30. The van der Waals surface area contributed by atoms with Crippen LogP contribution in [0.1, 0.15) is 22.8 Å². The summed E-state index contributed by atoms with van der Waals surface area (Å²) in [6, 6.07) is 17.1. The molecule has 4 rings (SSSR count). The molecule has 196 valence electrons. The molecule has 0 saturated carbocycles. The van der Waals surface area contributed by atoms with Crippen molar-refractivity contribution in [3.63, 3.8) is 0 Å². The molecule has 0 aliphatic rings. The monoisotopic (exact) mass is 526 g/mol. The molecule has 38 heavy (non-hydrogen) atoms. The number of methoxy groups -OCH3 is 1. The summed E-state index contributed by atoms with van der Waals surface area (Å²) in [4.78, 5) is 25.3. The van der Waals surface area contributed by atoms with Gasteiger partial charge in [-0.25, -0.2) is 4.79 Å². The zero-order chi connectivity index (χ0) is 27.3. The maximum atomic E-state index is 12.7. The van der Waals surface area contributed by atoms with Crippen LogP contribution in [0.25, 0.3) is 11.4 Å². The number of ether oxygens (including phenoxy) is 3. The van der Waals surface area contributed by atoms with Crippen LogP contribution in [0.2, 0.25) is 0 Å². The minimum absolute atomic E-state index is 0.177. The molecule has 1 atom stereocenters. The molecular formula is C26H21F3N4O5. The number of halogens is 3. The van der Waals surface area contributed by atoms with Crippen LogP contribution < -0.4 is 9.47 Å². The van der Waals surface area contributed by atoms with Crippen LogP contribution in [0.5, 0.6) is 17.2 Å². The van der Waals surface area contributed by atoms with E-state index in [0.717, 1.165) is 16.9 Å². The number of hydrogen-bond donors (Lipinski definition) is 0. The van der Waals surface area contributed by atoms with Crippen molar-refractivity contribution in [1.82, 2.24) is 20.2 Å². The number of alkyl halides is 3. The Kier molecular flexibility index (Phi) is 7.70. The fraction of sp³-hybridized carbons (Fsp3) is 0.192. The van der Waals surface area contributed by atoms with Gasteiger partial charge in [0.2, 0.25) is 5.82 Å². The van der Waals surface area contributed by atoms with Gasteiger partial charge in [-0.15, -0.1) is 10.2 Å². The maximum absolute atomic E-state index is 12.7. The van der Waals surface area contributed by atoms with E-state index in [-0.39, 0.29) is 23.9 Å². The van der Waals surface area contributed by atoms with Crippen molar-refractivity contribution >= 4 is 11.8 Å². The molecule has 0 N–H and O–H groups in total. The predicted octanol–water partition coefficient (Wildman–Crippen LogP) is 4.97. The van der Waals surface area contributed by atoms with E-state index >= 15 is 0 Å². The van der Waals surface area contributed by atoms with E-state index in [1.165, 1.54) is 19.2 Å². The highest BCUT2D eigenvalue weighted by molar-refractivity contribution is 5.89. The van der Waals surface area contributed by atoms with Gasteiger partial charge in [-0.3, -0.25) is 4.79 Å². The number of ketones is 1. The number of benzene rings is 3. The first kappa shape index (κ1) is 26.3. The van der Waals surface area contributed by atoms with E-state index in [9.17, 15) is 22.8 Å². The lowest BCUT2D eigenvalue weighted by atomic mass is 10.1. The summed E-state index contributed by atoms with van der Waals surface area (Å²) in [6.45, 7) is 1.40. The molecule has 0 aliphatic heterocycles. The first-order chi connectivity index (χ1) is 18.1. The summed E-state index contributed by atoms with van der Waals surface area (Å²) in [6.07, 6.45) is -5.25. The molecule has 0 saturated heterocycles. The summed E-state index contributed by atoms with van der Waals surface area (Å²) in [5, 5.41) is 12.0. The Morgan fingerprint density at radius 1 is 0.895 bits per heavy atom. The van der Waals surface area contributed by atoms with Gasteiger partial charge in [0.25, 0.3) is 0 Å². The number of tetrazole rings is 1. The van der Waals surface area contributed by atoms with Crippen molar-refractivity contribution < 1.29 is 37.0 Å². The van der Waals surface area contributed by atoms with E-state index in [2.05, 4.69) is 20.1 Å². The van der Waals surface area contributed by atoms with Gasteiger partial charge in [-0.2, -0.15) is 18.0 Å². The summed E-state index contributed by atoms with van der Waals surface area (Å²) in [5.74, 6) is 0.536. The summed E-state index contributed by atoms with van der Waals surface area (Å²) >= 11 is 0. The van der Waals surface area contributed by atoms with Gasteiger partial charge in [0.1, 0.15) is 23.8 Å². The van der Waals surface area contributed by atoms with Gasteiger partial charge < -0.3 is 14.2 Å². The number of carbonyl (C=O) groups is 2. The maximum Gasteiger partial charge on any atom is 0.416 e. The average molecular weight is 526 g/mol. The zero-order valence-corrected chi connectivity index (χ0v) is 20.2. The van der Waals surface area contributed by atoms with Crippen LogP contribution in [0.3, 0.4) is 0 Å². The van der Waals surface area contributed by atoms with Crippen molar-refractivity contribution in [2.75, 3.05) is 7.11 Å². The van der Waals surface area contributed by atoms with Crippen LogP contribution in [-0.4, -0.2) is 45.2 Å². The Morgan fingerprint density at radius 2 is 1.47 bits per heavy atom. The lowest BCUT2D eigenvalue weighted by Gasteiger charge is -2.14. The molecule has 1 aromatic heterocycles. The summed E-state index contributed by atoms with van der Waals surface area (Å²) in [7, 11) is 1.29. The zero-order valence-electron chi connectivity index (χ0n) is 20.2. The highest BCUT2D eigenvalue weighted by Crippen LogP contribution is 2.31. The molecule has 1 heterocycles. The first-order valence-corrected chi connectivity index (χ1v) is 11.2. The van der Waals surface area contributed by atoms with Crippen LogP contribution in [-0.2, 0) is 22.3 Å². The molecule has 4 aromatic rings. The van der Waals surface area contributed by atoms with E-state index < -0.39 is 23.8 Å². The van der Waals surface area contributed by atoms with Crippen molar-refractivity contribution in [3.05, 3.63) is 83.9 Å². The average Bonchev–Trinajstić information content (AvgIpc) is 3.37. The van der Waals surface area contributed by atoms with Crippen molar-refractivity contribution in [1.29, 1.82) is 0 Å². The van der Waals surface area contributed by atoms with E-state index in [1.807, 2.05) is 0 Å². The normalized spacial score (nSPS) is 12.0. The van der Waals surface area contributed by atoms with Gasteiger partial charge in [0, 0.05) is 5.56 Å². The number of aromatic nitrogens is 4. The Hall–Kier alpha value is -4.74. The second-order valence-corrected chi connectivity index (χ2v) is 8.03. The third kappa shape index (κ3) is 6.52. The lowest BCUT2D eigenvalue weighted by molar-refractivity contribution is -0.137. The van der Waals surface area contributed by atoms with Crippen molar-refractivity contribution in [3.8, 4) is 28.6 Å². The smallest absolute Gasteiger partial charge is 0.416 e. The Balaban J connectivity index is 1.31. The highest BCUT2D eigenvalue weighted by atomic mass is 19.4. The molecule has 1 unspecified atom stereocenters. The van der Waals surface area contributed by atoms with Gasteiger partial charge in [0.05, 0.1) is 18.2 Å². The van der Waals surface area contributed by atoms with Crippen molar-refractivity contribution in [2.24, 2.45) is 0 Å². The van der Waals surface area contributed by atoms with Crippen LogP contribution >= 0.6 is 0 Å². The summed E-state index contributed by atoms with van der Waals surface area (Å²) in [5.41, 5.74) is 0.224. The number of nitrogens with zero attached hydrogens (tertiary/aromatic N) is 4. The van der Waals surface area contributed by atoms with Crippen molar-refractivity contribution in [2.45, 2.75) is 25.7 Å². The van der Waals surface area contributed by atoms with E-state index in [0.29, 0.717) is 22.6 Å². The summed E-state index contributed by atoms with van der Waals surface area (Å²) < 4.78 is 54.0. The van der Waals surface area contributed by atoms with Gasteiger partial charge >= 0.3 is 12.1 Å². The van der Waals surface area contributed by atoms with Crippen LogP contribution in [0, 0.1) is 0 Å². The van der Waals surface area contributed by atoms with Crippen LogP contribution in [0.4, 0.5) is 13.2 Å². The molecule has 0 amide bonds. The Bertz CT molecular complexity index is 1400. The molecule has 0 fully saturated rings. The fourth-order valence-electron chi connectivity index (χ4n) is 3.27. The number of rotatable bonds is 9. The topological polar surface area (TPSA) is 105 Å². The van der Waals surface area contributed by atoms with Gasteiger partial charge in [-0.1, -0.05) is 12.1 Å². The number of hydrogen-bond acceptors (Lipinski definition) is 8. The van der Waals surface area contributed by atoms with E-state index in [4.69, 9.17) is 9.47 Å².